The second-order valence-electron chi connectivity index (χ2n) is 12.5. The Hall–Kier alpha value is -2.25. The molecule has 37 heavy (non-hydrogen) atoms. The van der Waals surface area contributed by atoms with Gasteiger partial charge >= 0.3 is 5.97 Å². The van der Waals surface area contributed by atoms with Crippen LogP contribution in [-0.4, -0.2) is 52.2 Å². The van der Waals surface area contributed by atoms with Crippen molar-refractivity contribution in [1.29, 1.82) is 0 Å². The van der Waals surface area contributed by atoms with Gasteiger partial charge in [0.05, 0.1) is 17.8 Å². The van der Waals surface area contributed by atoms with Crippen LogP contribution in [0.15, 0.2) is 34.6 Å². The molecule has 7 heteroatoms. The molecule has 1 N–H and O–H groups in total. The first kappa shape index (κ1) is 27.8. The molecule has 2 aliphatic carbocycles. The van der Waals surface area contributed by atoms with E-state index in [4.69, 9.17) is 14.2 Å². The predicted octanol–water partition coefficient (Wildman–Crippen LogP) is 4.77. The van der Waals surface area contributed by atoms with Gasteiger partial charge in [0.15, 0.2) is 11.5 Å². The molecule has 2 aliphatic heterocycles. The number of esters is 1. The number of allylic oxidation sites excluding steroid dienone is 4. The molecule has 0 aromatic rings. The predicted molar refractivity (Wildman–Crippen MR) is 138 cm³/mol. The van der Waals surface area contributed by atoms with Gasteiger partial charge in [-0.1, -0.05) is 19.9 Å². The SMILES string of the molecule is CC=C(C)C(OC(C)=O)C(C)C1=CC(=O)C2=C(OC3(C)CCC4OC(C(C)(C)O)CCC4(C)C3C2)C1=O. The van der Waals surface area contributed by atoms with Crippen LogP contribution in [0, 0.1) is 17.3 Å². The first-order chi connectivity index (χ1) is 17.1. The maximum absolute atomic E-state index is 13.8. The Kier molecular flexibility index (Phi) is 7.13. The van der Waals surface area contributed by atoms with Gasteiger partial charge in [0.1, 0.15) is 11.7 Å². The molecule has 0 amide bonds. The van der Waals surface area contributed by atoms with Gasteiger partial charge in [-0.05, 0) is 78.4 Å². The quantitative estimate of drug-likeness (QED) is 0.321. The van der Waals surface area contributed by atoms with Crippen LogP contribution in [0.5, 0.6) is 0 Å². The number of rotatable bonds is 5. The van der Waals surface area contributed by atoms with Crippen LogP contribution in [0.25, 0.3) is 0 Å². The minimum absolute atomic E-state index is 0.00319. The van der Waals surface area contributed by atoms with E-state index in [0.29, 0.717) is 24.0 Å². The van der Waals surface area contributed by atoms with E-state index in [1.165, 1.54) is 13.0 Å². The lowest BCUT2D eigenvalue weighted by Gasteiger charge is -2.60. The molecule has 4 rings (SSSR count). The third-order valence-electron chi connectivity index (χ3n) is 9.45. The van der Waals surface area contributed by atoms with Crippen LogP contribution in [0.2, 0.25) is 0 Å². The lowest BCUT2D eigenvalue weighted by molar-refractivity contribution is -0.245. The second kappa shape index (κ2) is 9.49. The molecular weight excluding hydrogens is 472 g/mol. The van der Waals surface area contributed by atoms with Gasteiger partial charge < -0.3 is 19.3 Å². The van der Waals surface area contributed by atoms with Gasteiger partial charge in [-0.3, -0.25) is 14.4 Å². The van der Waals surface area contributed by atoms with E-state index in [1.807, 2.05) is 19.9 Å². The molecule has 2 fully saturated rings. The van der Waals surface area contributed by atoms with Crippen molar-refractivity contribution in [3.63, 3.8) is 0 Å². The highest BCUT2D eigenvalue weighted by Crippen LogP contribution is 2.59. The van der Waals surface area contributed by atoms with Crippen LogP contribution in [-0.2, 0) is 28.6 Å². The van der Waals surface area contributed by atoms with Crippen molar-refractivity contribution in [1.82, 2.24) is 0 Å². The van der Waals surface area contributed by atoms with Gasteiger partial charge in [-0.15, -0.1) is 0 Å². The molecule has 4 aliphatic rings. The van der Waals surface area contributed by atoms with Crippen molar-refractivity contribution in [2.24, 2.45) is 17.3 Å². The molecule has 1 saturated heterocycles. The largest absolute Gasteiger partial charge is 0.483 e. The van der Waals surface area contributed by atoms with E-state index in [2.05, 4.69) is 13.8 Å². The van der Waals surface area contributed by atoms with Crippen molar-refractivity contribution < 1.29 is 33.7 Å². The lowest BCUT2D eigenvalue weighted by atomic mass is 9.53. The molecule has 0 radical (unpaired) electrons. The fourth-order valence-electron chi connectivity index (χ4n) is 7.05. The number of ether oxygens (including phenoxy) is 3. The summed E-state index contributed by atoms with van der Waals surface area (Å²) in [4.78, 5) is 39.0. The molecule has 204 valence electrons. The molecule has 7 atom stereocenters. The molecule has 1 saturated carbocycles. The maximum atomic E-state index is 13.8. The number of ketones is 2. The maximum Gasteiger partial charge on any atom is 0.303 e. The molecule has 0 aromatic heterocycles. The van der Waals surface area contributed by atoms with E-state index in [-0.39, 0.29) is 40.9 Å². The highest BCUT2D eigenvalue weighted by molar-refractivity contribution is 6.22. The Morgan fingerprint density at radius 2 is 1.89 bits per heavy atom. The van der Waals surface area contributed by atoms with Crippen molar-refractivity contribution in [3.05, 3.63) is 34.6 Å². The summed E-state index contributed by atoms with van der Waals surface area (Å²) in [6, 6.07) is 0. The standard InChI is InChI=1S/C30H42O7/c1-9-16(2)26(35-18(4)31)17(3)19-14-21(32)20-15-22-29(7)12-10-23(28(5,6)34)36-24(29)11-13-30(22,8)37-27(20)25(19)33/h9,14,17,22-24,26,34H,10-13,15H2,1-8H3. The van der Waals surface area contributed by atoms with Crippen molar-refractivity contribution in [2.45, 2.75) is 117 Å². The summed E-state index contributed by atoms with van der Waals surface area (Å²) in [5.41, 5.74) is -0.204. The Balaban J connectivity index is 1.63. The minimum Gasteiger partial charge on any atom is -0.483 e. The van der Waals surface area contributed by atoms with Crippen LogP contribution in [0.4, 0.5) is 0 Å². The highest BCUT2D eigenvalue weighted by atomic mass is 16.5. The minimum atomic E-state index is -0.917. The highest BCUT2D eigenvalue weighted by Gasteiger charge is 2.61. The third-order valence-corrected chi connectivity index (χ3v) is 9.45. The number of carbonyl (C=O) groups is 3. The first-order valence-corrected chi connectivity index (χ1v) is 13.5. The van der Waals surface area contributed by atoms with Gasteiger partial charge in [0.25, 0.3) is 0 Å². The smallest absolute Gasteiger partial charge is 0.303 e. The Bertz CT molecular complexity index is 1090. The van der Waals surface area contributed by atoms with Crippen molar-refractivity contribution >= 4 is 17.5 Å². The zero-order valence-electron chi connectivity index (χ0n) is 23.5. The summed E-state index contributed by atoms with van der Waals surface area (Å²) in [6.07, 6.45) is 5.84. The third kappa shape index (κ3) is 4.74. The molecule has 0 spiro atoms. The molecule has 2 heterocycles. The van der Waals surface area contributed by atoms with Crippen molar-refractivity contribution in [3.8, 4) is 0 Å². The van der Waals surface area contributed by atoms with Gasteiger partial charge in [-0.2, -0.15) is 0 Å². The zero-order valence-corrected chi connectivity index (χ0v) is 23.5. The van der Waals surface area contributed by atoms with Crippen LogP contribution in [0.3, 0.4) is 0 Å². The Morgan fingerprint density at radius 3 is 2.49 bits per heavy atom. The summed E-state index contributed by atoms with van der Waals surface area (Å²) in [7, 11) is 0. The van der Waals surface area contributed by atoms with Gasteiger partial charge in [-0.25, -0.2) is 0 Å². The average Bonchev–Trinajstić information content (AvgIpc) is 2.81. The first-order valence-electron chi connectivity index (χ1n) is 13.5. The van der Waals surface area contributed by atoms with E-state index >= 15 is 0 Å². The Labute approximate surface area is 220 Å². The van der Waals surface area contributed by atoms with E-state index in [1.54, 1.807) is 20.8 Å². The van der Waals surface area contributed by atoms with E-state index in [0.717, 1.165) is 24.8 Å². The molecular formula is C30H42O7. The number of Topliss-reactive ketones (excluding diaryl/α,β-unsaturated/α-hetero) is 1. The zero-order chi connectivity index (χ0) is 27.5. The van der Waals surface area contributed by atoms with Crippen molar-refractivity contribution in [2.75, 3.05) is 0 Å². The summed E-state index contributed by atoms with van der Waals surface area (Å²) in [5, 5.41) is 10.5. The number of carbonyl (C=O) groups excluding carboxylic acids is 3. The average molecular weight is 515 g/mol. The fourth-order valence-corrected chi connectivity index (χ4v) is 7.05. The van der Waals surface area contributed by atoms with E-state index in [9.17, 15) is 19.5 Å². The topological polar surface area (TPSA) is 99.1 Å². The fraction of sp³-hybridized carbons (Fsp3) is 0.700. The summed E-state index contributed by atoms with van der Waals surface area (Å²) in [5.74, 6) is -1.29. The summed E-state index contributed by atoms with van der Waals surface area (Å²) < 4.78 is 18.5. The summed E-state index contributed by atoms with van der Waals surface area (Å²) in [6.45, 7) is 14.7. The summed E-state index contributed by atoms with van der Waals surface area (Å²) >= 11 is 0. The molecule has 0 aromatic carbocycles. The Morgan fingerprint density at radius 1 is 1.22 bits per heavy atom. The number of hydrogen-bond donors (Lipinski definition) is 1. The van der Waals surface area contributed by atoms with Crippen LogP contribution < -0.4 is 0 Å². The molecule has 7 nitrogen and oxygen atoms in total. The molecule has 7 unspecified atom stereocenters. The number of hydrogen-bond acceptors (Lipinski definition) is 7. The van der Waals surface area contributed by atoms with Gasteiger partial charge in [0, 0.05) is 35.3 Å². The normalized spacial score (nSPS) is 36.0. The van der Waals surface area contributed by atoms with Crippen LogP contribution in [0.1, 0.15) is 87.5 Å². The number of aliphatic hydroxyl groups is 1. The van der Waals surface area contributed by atoms with Crippen LogP contribution >= 0.6 is 0 Å². The molecule has 0 bridgehead atoms. The van der Waals surface area contributed by atoms with E-state index < -0.39 is 29.2 Å². The monoisotopic (exact) mass is 514 g/mol. The lowest BCUT2D eigenvalue weighted by Crippen LogP contribution is -2.62. The number of fused-ring (bicyclic) bond motifs is 3. The second-order valence-corrected chi connectivity index (χ2v) is 12.5. The van der Waals surface area contributed by atoms with Gasteiger partial charge in [0.2, 0.25) is 5.78 Å².